The molecule has 1 rings (SSSR count). The summed E-state index contributed by atoms with van der Waals surface area (Å²) in [5.74, 6) is 0.0522. The lowest BCUT2D eigenvalue weighted by atomic mass is 10.3. The highest BCUT2D eigenvalue weighted by molar-refractivity contribution is 5.78. The van der Waals surface area contributed by atoms with Crippen LogP contribution in [0.5, 0.6) is 0 Å². The molecule has 2 amide bonds. The van der Waals surface area contributed by atoms with Gasteiger partial charge >= 0.3 is 6.41 Å². The summed E-state index contributed by atoms with van der Waals surface area (Å²) in [6.45, 7) is 3.25. The number of hydrogen-bond acceptors (Lipinski definition) is 3. The molecule has 5 heteroatoms. The predicted molar refractivity (Wildman–Crippen MR) is 43.1 cm³/mol. The van der Waals surface area contributed by atoms with Crippen molar-refractivity contribution < 1.29 is 9.59 Å². The van der Waals surface area contributed by atoms with Gasteiger partial charge in [-0.3, -0.25) is 14.5 Å². The number of hydrogen-bond donors (Lipinski definition) is 2. The molecule has 1 heterocycles. The number of nitrogens with zero attached hydrogens (tertiary/aromatic N) is 1. The number of piperazine rings is 1. The van der Waals surface area contributed by atoms with Gasteiger partial charge in [-0.15, -0.1) is 0 Å². The summed E-state index contributed by atoms with van der Waals surface area (Å²) in [5.41, 5.74) is 0. The van der Waals surface area contributed by atoms with Gasteiger partial charge in [-0.25, -0.2) is 0 Å². The standard InChI is InChI=1S/C7H12N3O2/c11-6-8-1-3-10-4-2-9-7(12)5-10/h1-5H2,(H,8,11)(H,9,12). The molecule has 1 radical (unpaired) electrons. The van der Waals surface area contributed by atoms with Gasteiger partial charge in [0.1, 0.15) is 0 Å². The van der Waals surface area contributed by atoms with E-state index < -0.39 is 0 Å². The Morgan fingerprint density at radius 2 is 2.50 bits per heavy atom. The van der Waals surface area contributed by atoms with Crippen molar-refractivity contribution in [1.82, 2.24) is 15.5 Å². The lowest BCUT2D eigenvalue weighted by molar-refractivity contribution is -0.124. The van der Waals surface area contributed by atoms with Crippen LogP contribution < -0.4 is 10.6 Å². The van der Waals surface area contributed by atoms with Crippen LogP contribution in [0.4, 0.5) is 0 Å². The van der Waals surface area contributed by atoms with Crippen LogP contribution in [-0.2, 0) is 9.59 Å². The zero-order valence-corrected chi connectivity index (χ0v) is 6.80. The van der Waals surface area contributed by atoms with E-state index >= 15 is 0 Å². The molecule has 0 spiro atoms. The van der Waals surface area contributed by atoms with Crippen molar-refractivity contribution in [2.45, 2.75) is 0 Å². The first kappa shape index (κ1) is 8.99. The van der Waals surface area contributed by atoms with Gasteiger partial charge in [0.05, 0.1) is 6.54 Å². The summed E-state index contributed by atoms with van der Waals surface area (Å²) < 4.78 is 0. The smallest absolute Gasteiger partial charge is 0.309 e. The van der Waals surface area contributed by atoms with Gasteiger partial charge in [0.25, 0.3) is 0 Å². The van der Waals surface area contributed by atoms with Gasteiger partial charge in [0.15, 0.2) is 0 Å². The minimum atomic E-state index is 0.0522. The van der Waals surface area contributed by atoms with E-state index in [2.05, 4.69) is 10.6 Å². The molecule has 0 aliphatic carbocycles. The maximum absolute atomic E-state index is 10.9. The SMILES string of the molecule is O=[C]NCCN1CCNC(=O)C1. The maximum Gasteiger partial charge on any atom is 0.309 e. The minimum absolute atomic E-state index is 0.0522. The fourth-order valence-electron chi connectivity index (χ4n) is 1.15. The van der Waals surface area contributed by atoms with E-state index in [1.54, 1.807) is 6.41 Å². The van der Waals surface area contributed by atoms with Gasteiger partial charge in [0.2, 0.25) is 5.91 Å². The number of carbonyl (C=O) groups excluding carboxylic acids is 2. The van der Waals surface area contributed by atoms with Crippen LogP contribution in [0.15, 0.2) is 0 Å². The molecular weight excluding hydrogens is 158 g/mol. The summed E-state index contributed by atoms with van der Waals surface area (Å²) >= 11 is 0. The third kappa shape index (κ3) is 2.87. The van der Waals surface area contributed by atoms with Gasteiger partial charge in [0, 0.05) is 26.2 Å². The average Bonchev–Trinajstić information content (AvgIpc) is 2.05. The molecule has 2 N–H and O–H groups in total. The molecule has 0 aromatic rings. The van der Waals surface area contributed by atoms with Crippen molar-refractivity contribution in [3.8, 4) is 0 Å². The monoisotopic (exact) mass is 170 g/mol. The molecule has 1 aliphatic rings. The van der Waals surface area contributed by atoms with Gasteiger partial charge in [-0.1, -0.05) is 0 Å². The largest absolute Gasteiger partial charge is 0.354 e. The molecule has 0 aromatic heterocycles. The van der Waals surface area contributed by atoms with E-state index in [0.717, 1.165) is 6.54 Å². The summed E-state index contributed by atoms with van der Waals surface area (Å²) in [6, 6.07) is 0. The number of carbonyl (C=O) groups is 1. The molecule has 1 saturated heterocycles. The Kier molecular flexibility index (Phi) is 3.53. The highest BCUT2D eigenvalue weighted by Gasteiger charge is 2.14. The summed E-state index contributed by atoms with van der Waals surface area (Å²) in [7, 11) is 0. The summed E-state index contributed by atoms with van der Waals surface area (Å²) in [5, 5.41) is 5.16. The van der Waals surface area contributed by atoms with Crippen LogP contribution in [0, 0.1) is 0 Å². The molecule has 0 unspecified atom stereocenters. The minimum Gasteiger partial charge on any atom is -0.354 e. The Balaban J connectivity index is 2.14. The highest BCUT2D eigenvalue weighted by atomic mass is 16.2. The van der Waals surface area contributed by atoms with Crippen LogP contribution in [-0.4, -0.2) is 49.9 Å². The van der Waals surface area contributed by atoms with Crippen LogP contribution in [0.25, 0.3) is 0 Å². The third-order valence-electron chi connectivity index (χ3n) is 1.74. The molecule has 12 heavy (non-hydrogen) atoms. The number of nitrogens with one attached hydrogen (secondary N) is 2. The van der Waals surface area contributed by atoms with E-state index in [0.29, 0.717) is 26.2 Å². The number of rotatable bonds is 4. The van der Waals surface area contributed by atoms with Crippen molar-refractivity contribution in [3.05, 3.63) is 0 Å². The van der Waals surface area contributed by atoms with Crippen molar-refractivity contribution in [3.63, 3.8) is 0 Å². The molecule has 0 saturated carbocycles. The quantitative estimate of drug-likeness (QED) is 0.382. The fraction of sp³-hybridized carbons (Fsp3) is 0.714. The molecule has 5 nitrogen and oxygen atoms in total. The lowest BCUT2D eigenvalue weighted by Crippen LogP contribution is -2.49. The van der Waals surface area contributed by atoms with Crippen molar-refractivity contribution >= 4 is 12.3 Å². The van der Waals surface area contributed by atoms with Crippen LogP contribution in [0.3, 0.4) is 0 Å². The molecule has 0 aromatic carbocycles. The van der Waals surface area contributed by atoms with Crippen LogP contribution in [0.1, 0.15) is 0 Å². The van der Waals surface area contributed by atoms with Crippen LogP contribution in [0.2, 0.25) is 0 Å². The van der Waals surface area contributed by atoms with E-state index in [1.165, 1.54) is 0 Å². The Morgan fingerprint density at radius 1 is 1.67 bits per heavy atom. The summed E-state index contributed by atoms with van der Waals surface area (Å²) in [4.78, 5) is 22.6. The Morgan fingerprint density at radius 3 is 3.17 bits per heavy atom. The molecule has 1 fully saturated rings. The second-order valence-electron chi connectivity index (χ2n) is 2.65. The first-order valence-electron chi connectivity index (χ1n) is 3.92. The maximum atomic E-state index is 10.9. The van der Waals surface area contributed by atoms with Gasteiger partial charge in [-0.05, 0) is 0 Å². The van der Waals surface area contributed by atoms with E-state index in [9.17, 15) is 9.59 Å². The average molecular weight is 170 g/mol. The fourth-order valence-corrected chi connectivity index (χ4v) is 1.15. The van der Waals surface area contributed by atoms with E-state index in [1.807, 2.05) is 4.90 Å². The Hall–Kier alpha value is -1.10. The first-order valence-corrected chi connectivity index (χ1v) is 3.92. The normalized spacial score (nSPS) is 18.5. The van der Waals surface area contributed by atoms with Crippen molar-refractivity contribution in [2.75, 3.05) is 32.7 Å². The third-order valence-corrected chi connectivity index (χ3v) is 1.74. The predicted octanol–water partition coefficient (Wildman–Crippen LogP) is -1.92. The molecule has 1 aliphatic heterocycles. The topological polar surface area (TPSA) is 61.4 Å². The van der Waals surface area contributed by atoms with Gasteiger partial charge < -0.3 is 10.6 Å². The first-order chi connectivity index (χ1) is 5.83. The second-order valence-corrected chi connectivity index (χ2v) is 2.65. The van der Waals surface area contributed by atoms with Crippen molar-refractivity contribution in [2.24, 2.45) is 0 Å². The Labute approximate surface area is 71.1 Å². The number of amides is 2. The highest BCUT2D eigenvalue weighted by Crippen LogP contribution is 1.90. The lowest BCUT2D eigenvalue weighted by Gasteiger charge is -2.25. The van der Waals surface area contributed by atoms with Crippen molar-refractivity contribution in [1.29, 1.82) is 0 Å². The molecule has 0 bridgehead atoms. The van der Waals surface area contributed by atoms with Gasteiger partial charge in [-0.2, -0.15) is 0 Å². The Bertz CT molecular complexity index is 172. The zero-order valence-electron chi connectivity index (χ0n) is 6.80. The summed E-state index contributed by atoms with van der Waals surface area (Å²) in [6.07, 6.45) is 1.59. The van der Waals surface area contributed by atoms with E-state index in [4.69, 9.17) is 0 Å². The second kappa shape index (κ2) is 4.71. The van der Waals surface area contributed by atoms with Crippen LogP contribution >= 0.6 is 0 Å². The molecule has 67 valence electrons. The van der Waals surface area contributed by atoms with E-state index in [-0.39, 0.29) is 5.91 Å². The molecule has 0 atom stereocenters. The zero-order chi connectivity index (χ0) is 8.81. The molecular formula is C7H12N3O2.